The van der Waals surface area contributed by atoms with Crippen LogP contribution in [0, 0.1) is 13.8 Å². The van der Waals surface area contributed by atoms with Crippen LogP contribution in [0.15, 0.2) is 24.3 Å². The van der Waals surface area contributed by atoms with Crippen molar-refractivity contribution in [3.05, 3.63) is 52.3 Å². The Kier molecular flexibility index (Phi) is 4.29. The van der Waals surface area contributed by atoms with E-state index in [1.54, 1.807) is 6.92 Å². The van der Waals surface area contributed by atoms with Crippen LogP contribution in [0.1, 0.15) is 60.9 Å². The van der Waals surface area contributed by atoms with E-state index in [-0.39, 0.29) is 0 Å². The molecule has 1 aromatic heterocycles. The lowest BCUT2D eigenvalue weighted by atomic mass is 10.0. The van der Waals surface area contributed by atoms with Crippen molar-refractivity contribution < 1.29 is 5.11 Å². The van der Waals surface area contributed by atoms with Gasteiger partial charge in [0.25, 0.3) is 0 Å². The quantitative estimate of drug-likeness (QED) is 0.921. The Morgan fingerprint density at radius 3 is 2.15 bits per heavy atom. The van der Waals surface area contributed by atoms with E-state index in [1.807, 2.05) is 18.5 Å². The number of hydrogen-bond donors (Lipinski definition) is 1. The third kappa shape index (κ3) is 2.93. The molecule has 0 radical (unpaired) electrons. The molecule has 2 aromatic rings. The van der Waals surface area contributed by atoms with Gasteiger partial charge in [-0.05, 0) is 37.8 Å². The Morgan fingerprint density at radius 2 is 1.70 bits per heavy atom. The van der Waals surface area contributed by atoms with E-state index in [2.05, 4.69) is 43.2 Å². The molecule has 20 heavy (non-hydrogen) atoms. The molecule has 0 saturated carbocycles. The number of rotatable bonds is 4. The fraction of sp³-hybridized carbons (Fsp3) is 0.471. The van der Waals surface area contributed by atoms with E-state index < -0.39 is 6.10 Å². The second kappa shape index (κ2) is 5.80. The Hall–Kier alpha value is -1.61. The topological polar surface area (TPSA) is 38.0 Å². The molecule has 0 saturated heterocycles. The zero-order chi connectivity index (χ0) is 14.9. The second-order valence-corrected chi connectivity index (χ2v) is 5.81. The van der Waals surface area contributed by atoms with Gasteiger partial charge in [0.05, 0.1) is 18.3 Å². The molecule has 0 aliphatic rings. The van der Waals surface area contributed by atoms with Crippen molar-refractivity contribution in [3.8, 4) is 0 Å². The van der Waals surface area contributed by atoms with E-state index in [4.69, 9.17) is 0 Å². The number of benzene rings is 1. The molecule has 0 amide bonds. The average molecular weight is 272 g/mol. The Labute approximate surface area is 121 Å². The van der Waals surface area contributed by atoms with Crippen LogP contribution in [0.2, 0.25) is 0 Å². The van der Waals surface area contributed by atoms with Crippen LogP contribution < -0.4 is 0 Å². The first-order chi connectivity index (χ1) is 9.40. The van der Waals surface area contributed by atoms with Crippen LogP contribution >= 0.6 is 0 Å². The molecule has 0 fully saturated rings. The third-order valence-corrected chi connectivity index (χ3v) is 3.83. The lowest BCUT2D eigenvalue weighted by Gasteiger charge is -2.09. The molecular formula is C17H24N2O. The molecule has 1 unspecified atom stereocenters. The SMILES string of the molecule is Cc1nn(Cc2ccc(C(C)C)cc2)c(C)c1C(C)O. The number of aromatic nitrogens is 2. The standard InChI is InChI=1S/C17H24N2O/c1-11(2)16-8-6-15(7-9-16)10-19-13(4)17(14(5)20)12(3)18-19/h6-9,11,14,20H,10H2,1-5H3. The lowest BCUT2D eigenvalue weighted by Crippen LogP contribution is -2.05. The van der Waals surface area contributed by atoms with Crippen molar-refractivity contribution >= 4 is 0 Å². The van der Waals surface area contributed by atoms with Gasteiger partial charge in [0.2, 0.25) is 0 Å². The molecule has 1 N–H and O–H groups in total. The first-order valence-corrected chi connectivity index (χ1v) is 7.21. The van der Waals surface area contributed by atoms with Gasteiger partial charge in [-0.15, -0.1) is 0 Å². The van der Waals surface area contributed by atoms with Crippen molar-refractivity contribution in [1.82, 2.24) is 9.78 Å². The Morgan fingerprint density at radius 1 is 1.10 bits per heavy atom. The van der Waals surface area contributed by atoms with Gasteiger partial charge in [0, 0.05) is 11.3 Å². The van der Waals surface area contributed by atoms with E-state index >= 15 is 0 Å². The van der Waals surface area contributed by atoms with E-state index in [0.29, 0.717) is 5.92 Å². The number of hydrogen-bond acceptors (Lipinski definition) is 2. The van der Waals surface area contributed by atoms with Gasteiger partial charge in [-0.3, -0.25) is 4.68 Å². The minimum atomic E-state index is -0.466. The van der Waals surface area contributed by atoms with Crippen molar-refractivity contribution in [2.75, 3.05) is 0 Å². The number of nitrogens with zero attached hydrogens (tertiary/aromatic N) is 2. The fourth-order valence-electron chi connectivity index (χ4n) is 2.65. The zero-order valence-corrected chi connectivity index (χ0v) is 13.0. The summed E-state index contributed by atoms with van der Waals surface area (Å²) >= 11 is 0. The molecule has 108 valence electrons. The summed E-state index contributed by atoms with van der Waals surface area (Å²) in [6.45, 7) is 10.9. The maximum Gasteiger partial charge on any atom is 0.0797 e. The molecule has 1 aromatic carbocycles. The van der Waals surface area contributed by atoms with Crippen LogP contribution in [-0.2, 0) is 6.54 Å². The molecular weight excluding hydrogens is 248 g/mol. The van der Waals surface area contributed by atoms with Crippen LogP contribution in [-0.4, -0.2) is 14.9 Å². The number of aliphatic hydroxyl groups is 1. The molecule has 2 rings (SSSR count). The van der Waals surface area contributed by atoms with Gasteiger partial charge in [-0.1, -0.05) is 38.1 Å². The molecule has 1 heterocycles. The van der Waals surface area contributed by atoms with E-state index in [1.165, 1.54) is 11.1 Å². The van der Waals surface area contributed by atoms with Crippen molar-refractivity contribution in [2.24, 2.45) is 0 Å². The maximum absolute atomic E-state index is 9.81. The van der Waals surface area contributed by atoms with Crippen molar-refractivity contribution in [3.63, 3.8) is 0 Å². The summed E-state index contributed by atoms with van der Waals surface area (Å²) in [4.78, 5) is 0. The highest BCUT2D eigenvalue weighted by atomic mass is 16.3. The molecule has 0 aliphatic heterocycles. The predicted molar refractivity (Wildman–Crippen MR) is 82.0 cm³/mol. The van der Waals surface area contributed by atoms with E-state index in [0.717, 1.165) is 23.5 Å². The van der Waals surface area contributed by atoms with Crippen LogP contribution in [0.25, 0.3) is 0 Å². The molecule has 0 bridgehead atoms. The summed E-state index contributed by atoms with van der Waals surface area (Å²) < 4.78 is 1.97. The molecule has 0 aliphatic carbocycles. The first-order valence-electron chi connectivity index (χ1n) is 7.21. The van der Waals surface area contributed by atoms with Crippen molar-refractivity contribution in [1.29, 1.82) is 0 Å². The Balaban J connectivity index is 2.24. The predicted octanol–water partition coefficient (Wildman–Crippen LogP) is 3.72. The van der Waals surface area contributed by atoms with Crippen LogP contribution in [0.3, 0.4) is 0 Å². The highest BCUT2D eigenvalue weighted by Gasteiger charge is 2.15. The molecule has 0 spiro atoms. The summed E-state index contributed by atoms with van der Waals surface area (Å²) in [5.74, 6) is 0.555. The molecule has 1 atom stereocenters. The van der Waals surface area contributed by atoms with Gasteiger partial charge in [0.15, 0.2) is 0 Å². The maximum atomic E-state index is 9.81. The first kappa shape index (κ1) is 14.8. The van der Waals surface area contributed by atoms with E-state index in [9.17, 15) is 5.11 Å². The summed E-state index contributed by atoms with van der Waals surface area (Å²) in [6.07, 6.45) is -0.466. The highest BCUT2D eigenvalue weighted by Crippen LogP contribution is 2.22. The third-order valence-electron chi connectivity index (χ3n) is 3.83. The fourth-order valence-corrected chi connectivity index (χ4v) is 2.65. The van der Waals surface area contributed by atoms with Crippen LogP contribution in [0.4, 0.5) is 0 Å². The van der Waals surface area contributed by atoms with Crippen LogP contribution in [0.5, 0.6) is 0 Å². The highest BCUT2D eigenvalue weighted by molar-refractivity contribution is 5.29. The monoisotopic (exact) mass is 272 g/mol. The number of aliphatic hydroxyl groups excluding tert-OH is 1. The normalized spacial score (nSPS) is 12.9. The Bertz CT molecular complexity index is 580. The summed E-state index contributed by atoms with van der Waals surface area (Å²) in [6, 6.07) is 8.68. The average Bonchev–Trinajstić information content (AvgIpc) is 2.65. The zero-order valence-electron chi connectivity index (χ0n) is 13.0. The van der Waals surface area contributed by atoms with Gasteiger partial charge >= 0.3 is 0 Å². The van der Waals surface area contributed by atoms with Gasteiger partial charge < -0.3 is 5.11 Å². The van der Waals surface area contributed by atoms with Gasteiger partial charge in [-0.25, -0.2) is 0 Å². The smallest absolute Gasteiger partial charge is 0.0797 e. The minimum absolute atomic E-state index is 0.466. The molecule has 3 heteroatoms. The minimum Gasteiger partial charge on any atom is -0.389 e. The molecule has 3 nitrogen and oxygen atoms in total. The summed E-state index contributed by atoms with van der Waals surface area (Å²) in [5, 5.41) is 14.3. The lowest BCUT2D eigenvalue weighted by molar-refractivity contribution is 0.197. The second-order valence-electron chi connectivity index (χ2n) is 5.81. The van der Waals surface area contributed by atoms with Crippen molar-refractivity contribution in [2.45, 2.75) is 53.2 Å². The summed E-state index contributed by atoms with van der Waals surface area (Å²) in [7, 11) is 0. The largest absolute Gasteiger partial charge is 0.389 e. The van der Waals surface area contributed by atoms with Gasteiger partial charge in [0.1, 0.15) is 0 Å². The summed E-state index contributed by atoms with van der Waals surface area (Å²) in [5.41, 5.74) is 5.49. The van der Waals surface area contributed by atoms with Gasteiger partial charge in [-0.2, -0.15) is 5.10 Å². The number of aryl methyl sites for hydroxylation is 1.